The molecule has 0 aromatic carbocycles. The van der Waals surface area contributed by atoms with Crippen LogP contribution in [0.3, 0.4) is 0 Å². The van der Waals surface area contributed by atoms with Gasteiger partial charge in [-0.15, -0.1) is 24.0 Å². The summed E-state index contributed by atoms with van der Waals surface area (Å²) in [5, 5.41) is 6.80. The van der Waals surface area contributed by atoms with Gasteiger partial charge in [-0.1, -0.05) is 6.42 Å². The van der Waals surface area contributed by atoms with Crippen LogP contribution in [0.5, 0.6) is 0 Å². The molecule has 2 N–H and O–H groups in total. The van der Waals surface area contributed by atoms with E-state index in [0.29, 0.717) is 0 Å². The zero-order valence-corrected chi connectivity index (χ0v) is 16.5. The molecular formula is C14H31IN4S. The van der Waals surface area contributed by atoms with Gasteiger partial charge in [0.2, 0.25) is 0 Å². The molecule has 0 unspecified atom stereocenters. The normalized spacial score (nSPS) is 17.5. The van der Waals surface area contributed by atoms with Crippen LogP contribution in [0.25, 0.3) is 0 Å². The van der Waals surface area contributed by atoms with E-state index in [1.807, 2.05) is 18.8 Å². The van der Waals surface area contributed by atoms with Gasteiger partial charge in [0, 0.05) is 31.4 Å². The van der Waals surface area contributed by atoms with Crippen LogP contribution < -0.4 is 10.6 Å². The molecule has 0 aromatic rings. The van der Waals surface area contributed by atoms with Gasteiger partial charge in [-0.3, -0.25) is 9.89 Å². The number of rotatable bonds is 6. The van der Waals surface area contributed by atoms with Crippen molar-refractivity contribution in [3.05, 3.63) is 0 Å². The van der Waals surface area contributed by atoms with Crippen molar-refractivity contribution >= 4 is 41.7 Å². The van der Waals surface area contributed by atoms with Gasteiger partial charge in [0.25, 0.3) is 0 Å². The lowest BCUT2D eigenvalue weighted by Crippen LogP contribution is -2.55. The Morgan fingerprint density at radius 3 is 2.40 bits per heavy atom. The number of nitrogens with one attached hydrogen (secondary N) is 2. The Kier molecular flexibility index (Phi) is 11.1. The van der Waals surface area contributed by atoms with Crippen LogP contribution in [0.15, 0.2) is 4.99 Å². The second kappa shape index (κ2) is 11.0. The fourth-order valence-electron chi connectivity index (χ4n) is 2.40. The number of guanidine groups is 1. The van der Waals surface area contributed by atoms with Crippen LogP contribution in [-0.4, -0.2) is 61.6 Å². The van der Waals surface area contributed by atoms with Crippen molar-refractivity contribution in [2.75, 3.05) is 45.2 Å². The van der Waals surface area contributed by atoms with E-state index >= 15 is 0 Å². The van der Waals surface area contributed by atoms with E-state index in [-0.39, 0.29) is 29.5 Å². The highest BCUT2D eigenvalue weighted by Gasteiger charge is 2.27. The zero-order valence-electron chi connectivity index (χ0n) is 13.4. The number of aliphatic imine (C=N–C) groups is 1. The zero-order chi connectivity index (χ0) is 14.1. The second-order valence-corrected chi connectivity index (χ2v) is 6.69. The number of hydrogen-bond acceptors (Lipinski definition) is 3. The van der Waals surface area contributed by atoms with Crippen LogP contribution in [0.2, 0.25) is 0 Å². The molecule has 1 saturated heterocycles. The van der Waals surface area contributed by atoms with Gasteiger partial charge < -0.3 is 10.6 Å². The van der Waals surface area contributed by atoms with Crippen molar-refractivity contribution in [2.45, 2.75) is 38.6 Å². The summed E-state index contributed by atoms with van der Waals surface area (Å²) >= 11 is 1.85. The van der Waals surface area contributed by atoms with E-state index in [0.717, 1.165) is 24.8 Å². The number of thioether (sulfide) groups is 1. The van der Waals surface area contributed by atoms with Gasteiger partial charge in [-0.05, 0) is 46.0 Å². The summed E-state index contributed by atoms with van der Waals surface area (Å²) in [5.41, 5.74) is 0.192. The van der Waals surface area contributed by atoms with E-state index in [1.165, 1.54) is 32.4 Å². The summed E-state index contributed by atoms with van der Waals surface area (Å²) in [6.07, 6.45) is 6.18. The van der Waals surface area contributed by atoms with Gasteiger partial charge in [0.15, 0.2) is 5.96 Å². The van der Waals surface area contributed by atoms with E-state index in [1.54, 1.807) is 0 Å². The van der Waals surface area contributed by atoms with Crippen molar-refractivity contribution < 1.29 is 0 Å². The summed E-state index contributed by atoms with van der Waals surface area (Å²) in [5.74, 6) is 2.02. The number of nitrogens with zero attached hydrogens (tertiary/aromatic N) is 2. The first kappa shape index (κ1) is 20.3. The van der Waals surface area contributed by atoms with Gasteiger partial charge in [0.1, 0.15) is 0 Å². The maximum Gasteiger partial charge on any atom is 0.191 e. The SMILES string of the molecule is CN=C(NCCSC)NCC(C)(C)N1CCCCC1.I. The molecule has 6 heteroatoms. The molecule has 0 radical (unpaired) electrons. The molecule has 4 nitrogen and oxygen atoms in total. The maximum absolute atomic E-state index is 4.27. The Hall–Kier alpha value is 0.310. The van der Waals surface area contributed by atoms with Crippen molar-refractivity contribution in [2.24, 2.45) is 4.99 Å². The van der Waals surface area contributed by atoms with Gasteiger partial charge in [0.05, 0.1) is 0 Å². The molecule has 0 aliphatic carbocycles. The summed E-state index contributed by atoms with van der Waals surface area (Å²) in [6, 6.07) is 0. The molecule has 1 aliphatic rings. The summed E-state index contributed by atoms with van der Waals surface area (Å²) in [6.45, 7) is 9.00. The molecule has 0 saturated carbocycles. The monoisotopic (exact) mass is 414 g/mol. The van der Waals surface area contributed by atoms with Crippen molar-refractivity contribution in [1.82, 2.24) is 15.5 Å². The molecule has 1 fully saturated rings. The van der Waals surface area contributed by atoms with Crippen LogP contribution in [-0.2, 0) is 0 Å². The summed E-state index contributed by atoms with van der Waals surface area (Å²) < 4.78 is 0. The molecule has 0 spiro atoms. The van der Waals surface area contributed by atoms with Crippen LogP contribution >= 0.6 is 35.7 Å². The van der Waals surface area contributed by atoms with Crippen molar-refractivity contribution in [3.8, 4) is 0 Å². The minimum Gasteiger partial charge on any atom is -0.356 e. The average Bonchev–Trinajstić information content (AvgIpc) is 2.43. The third kappa shape index (κ3) is 7.36. The van der Waals surface area contributed by atoms with Crippen LogP contribution in [0, 0.1) is 0 Å². The standard InChI is InChI=1S/C14H30N4S.HI/c1-14(2,18-9-6-5-7-10-18)12-17-13(15-3)16-8-11-19-4;/h5-12H2,1-4H3,(H2,15,16,17);1H. The minimum atomic E-state index is 0. The van der Waals surface area contributed by atoms with E-state index in [4.69, 9.17) is 0 Å². The predicted octanol–water partition coefficient (Wildman–Crippen LogP) is 2.40. The molecular weight excluding hydrogens is 383 g/mol. The number of halogens is 1. The topological polar surface area (TPSA) is 39.7 Å². The Morgan fingerprint density at radius 1 is 1.20 bits per heavy atom. The van der Waals surface area contributed by atoms with Crippen LogP contribution in [0.1, 0.15) is 33.1 Å². The number of hydrogen-bond donors (Lipinski definition) is 2. The lowest BCUT2D eigenvalue weighted by atomic mass is 9.98. The van der Waals surface area contributed by atoms with Gasteiger partial charge in [-0.2, -0.15) is 11.8 Å². The van der Waals surface area contributed by atoms with Crippen molar-refractivity contribution in [3.63, 3.8) is 0 Å². The Morgan fingerprint density at radius 2 is 1.85 bits per heavy atom. The largest absolute Gasteiger partial charge is 0.356 e. The molecule has 120 valence electrons. The quantitative estimate of drug-likeness (QED) is 0.303. The average molecular weight is 414 g/mol. The smallest absolute Gasteiger partial charge is 0.191 e. The lowest BCUT2D eigenvalue weighted by Gasteiger charge is -2.41. The fraction of sp³-hybridized carbons (Fsp3) is 0.929. The molecule has 0 atom stereocenters. The highest BCUT2D eigenvalue weighted by atomic mass is 127. The van der Waals surface area contributed by atoms with E-state index < -0.39 is 0 Å². The minimum absolute atomic E-state index is 0. The molecule has 1 aliphatic heterocycles. The Labute approximate surface area is 145 Å². The summed E-state index contributed by atoms with van der Waals surface area (Å²) in [4.78, 5) is 6.87. The van der Waals surface area contributed by atoms with E-state index in [9.17, 15) is 0 Å². The molecule has 0 bridgehead atoms. The first-order valence-electron chi connectivity index (χ1n) is 7.28. The highest BCUT2D eigenvalue weighted by molar-refractivity contribution is 14.0. The third-order valence-electron chi connectivity index (χ3n) is 3.72. The molecule has 20 heavy (non-hydrogen) atoms. The first-order chi connectivity index (χ1) is 9.10. The van der Waals surface area contributed by atoms with E-state index in [2.05, 4.69) is 40.6 Å². The lowest BCUT2D eigenvalue weighted by molar-refractivity contribution is 0.0982. The van der Waals surface area contributed by atoms with Gasteiger partial charge >= 0.3 is 0 Å². The molecule has 0 amide bonds. The second-order valence-electron chi connectivity index (χ2n) is 5.71. The molecule has 1 heterocycles. The third-order valence-corrected chi connectivity index (χ3v) is 4.34. The van der Waals surface area contributed by atoms with Gasteiger partial charge in [-0.25, -0.2) is 0 Å². The Balaban J connectivity index is 0.00000361. The summed E-state index contributed by atoms with van der Waals surface area (Å²) in [7, 11) is 1.84. The fourth-order valence-corrected chi connectivity index (χ4v) is 2.71. The first-order valence-corrected chi connectivity index (χ1v) is 8.68. The maximum atomic E-state index is 4.27. The number of likely N-dealkylation sites (tertiary alicyclic amines) is 1. The molecule has 0 aromatic heterocycles. The number of piperidine rings is 1. The van der Waals surface area contributed by atoms with Crippen molar-refractivity contribution in [1.29, 1.82) is 0 Å². The highest BCUT2D eigenvalue weighted by Crippen LogP contribution is 2.19. The Bertz CT molecular complexity index is 278. The predicted molar refractivity (Wildman–Crippen MR) is 103 cm³/mol. The van der Waals surface area contributed by atoms with Crippen LogP contribution in [0.4, 0.5) is 0 Å². The molecule has 1 rings (SSSR count).